The average Bonchev–Trinajstić information content (AvgIpc) is 2.32. The van der Waals surface area contributed by atoms with Gasteiger partial charge >= 0.3 is 0 Å². The third kappa shape index (κ3) is 5.68. The van der Waals surface area contributed by atoms with E-state index in [0.717, 1.165) is 12.5 Å². The predicted octanol–water partition coefficient (Wildman–Crippen LogP) is 4.34. The lowest BCUT2D eigenvalue weighted by atomic mass is 9.96. The molecular formula is C17H29N. The number of rotatable bonds is 8. The molecule has 0 saturated heterocycles. The van der Waals surface area contributed by atoms with Gasteiger partial charge in [-0.05, 0) is 43.4 Å². The molecule has 0 aliphatic rings. The highest BCUT2D eigenvalue weighted by Crippen LogP contribution is 2.14. The van der Waals surface area contributed by atoms with Crippen molar-refractivity contribution >= 4 is 0 Å². The maximum atomic E-state index is 3.63. The number of hydrogen-bond acceptors (Lipinski definition) is 1. The van der Waals surface area contributed by atoms with Crippen molar-refractivity contribution in [3.05, 3.63) is 35.4 Å². The Bertz CT molecular complexity index is 330. The van der Waals surface area contributed by atoms with Gasteiger partial charge in [0.1, 0.15) is 0 Å². The van der Waals surface area contributed by atoms with E-state index in [9.17, 15) is 0 Å². The molecule has 0 aliphatic carbocycles. The summed E-state index contributed by atoms with van der Waals surface area (Å²) in [4.78, 5) is 0. The van der Waals surface area contributed by atoms with Crippen molar-refractivity contribution in [2.24, 2.45) is 5.92 Å². The van der Waals surface area contributed by atoms with Crippen molar-refractivity contribution in [3.63, 3.8) is 0 Å². The Morgan fingerprint density at radius 1 is 1.11 bits per heavy atom. The van der Waals surface area contributed by atoms with Gasteiger partial charge in [0, 0.05) is 6.04 Å². The van der Waals surface area contributed by atoms with Gasteiger partial charge in [0.05, 0.1) is 0 Å². The molecule has 1 aromatic carbocycles. The van der Waals surface area contributed by atoms with E-state index in [0.29, 0.717) is 6.04 Å². The van der Waals surface area contributed by atoms with Crippen LogP contribution in [-0.4, -0.2) is 12.6 Å². The first-order chi connectivity index (χ1) is 8.63. The summed E-state index contributed by atoms with van der Waals surface area (Å²) in [6, 6.07) is 9.39. The second-order valence-electron chi connectivity index (χ2n) is 5.71. The molecule has 0 amide bonds. The Kier molecular flexibility index (Phi) is 7.04. The second kappa shape index (κ2) is 8.31. The van der Waals surface area contributed by atoms with Crippen LogP contribution >= 0.6 is 0 Å². The largest absolute Gasteiger partial charge is 0.314 e. The normalized spacial score (nSPS) is 12.9. The van der Waals surface area contributed by atoms with E-state index in [-0.39, 0.29) is 0 Å². The monoisotopic (exact) mass is 247 g/mol. The summed E-state index contributed by atoms with van der Waals surface area (Å²) in [6.45, 7) is 10.1. The molecule has 1 atom stereocenters. The Morgan fingerprint density at radius 2 is 1.83 bits per heavy atom. The minimum absolute atomic E-state index is 0.634. The van der Waals surface area contributed by atoms with Crippen LogP contribution in [0.3, 0.4) is 0 Å². The molecule has 0 aliphatic heterocycles. The Morgan fingerprint density at radius 3 is 2.44 bits per heavy atom. The van der Waals surface area contributed by atoms with Crippen molar-refractivity contribution < 1.29 is 0 Å². The van der Waals surface area contributed by atoms with E-state index in [1.165, 1.54) is 36.8 Å². The third-order valence-corrected chi connectivity index (χ3v) is 3.55. The standard InChI is InChI=1S/C17H29N/c1-5-18-17(12-8-9-14(2)3)13-16-11-7-6-10-15(16)4/h6-7,10-11,14,17-18H,5,8-9,12-13H2,1-4H3. The first-order valence-electron chi connectivity index (χ1n) is 7.41. The fraction of sp³-hybridized carbons (Fsp3) is 0.647. The van der Waals surface area contributed by atoms with Gasteiger partial charge in [-0.15, -0.1) is 0 Å². The molecule has 0 bridgehead atoms. The van der Waals surface area contributed by atoms with Gasteiger partial charge in [0.25, 0.3) is 0 Å². The molecular weight excluding hydrogens is 218 g/mol. The van der Waals surface area contributed by atoms with E-state index in [4.69, 9.17) is 0 Å². The zero-order valence-electron chi connectivity index (χ0n) is 12.5. The molecule has 1 N–H and O–H groups in total. The summed E-state index contributed by atoms with van der Waals surface area (Å²) >= 11 is 0. The van der Waals surface area contributed by atoms with Crippen LogP contribution in [0.2, 0.25) is 0 Å². The van der Waals surface area contributed by atoms with Gasteiger partial charge in [-0.3, -0.25) is 0 Å². The quantitative estimate of drug-likeness (QED) is 0.720. The van der Waals surface area contributed by atoms with Crippen LogP contribution in [0.4, 0.5) is 0 Å². The molecule has 0 heterocycles. The van der Waals surface area contributed by atoms with Crippen LogP contribution in [-0.2, 0) is 6.42 Å². The summed E-state index contributed by atoms with van der Waals surface area (Å²) < 4.78 is 0. The van der Waals surface area contributed by atoms with Crippen molar-refractivity contribution in [1.29, 1.82) is 0 Å². The third-order valence-electron chi connectivity index (χ3n) is 3.55. The number of nitrogens with one attached hydrogen (secondary N) is 1. The van der Waals surface area contributed by atoms with E-state index < -0.39 is 0 Å². The zero-order valence-corrected chi connectivity index (χ0v) is 12.5. The molecule has 1 rings (SSSR count). The average molecular weight is 247 g/mol. The van der Waals surface area contributed by atoms with Crippen LogP contribution in [0.5, 0.6) is 0 Å². The minimum Gasteiger partial charge on any atom is -0.314 e. The van der Waals surface area contributed by atoms with Gasteiger partial charge in [-0.2, -0.15) is 0 Å². The number of likely N-dealkylation sites (N-methyl/N-ethyl adjacent to an activating group) is 1. The van der Waals surface area contributed by atoms with Crippen molar-refractivity contribution in [3.8, 4) is 0 Å². The van der Waals surface area contributed by atoms with Gasteiger partial charge in [0.2, 0.25) is 0 Å². The van der Waals surface area contributed by atoms with E-state index in [1.54, 1.807) is 0 Å². The van der Waals surface area contributed by atoms with Gasteiger partial charge in [0.15, 0.2) is 0 Å². The molecule has 0 radical (unpaired) electrons. The van der Waals surface area contributed by atoms with Gasteiger partial charge in [-0.1, -0.05) is 57.9 Å². The molecule has 1 unspecified atom stereocenters. The van der Waals surface area contributed by atoms with Gasteiger partial charge < -0.3 is 5.32 Å². The Hall–Kier alpha value is -0.820. The maximum Gasteiger partial charge on any atom is 0.0107 e. The van der Waals surface area contributed by atoms with Crippen molar-refractivity contribution in [2.75, 3.05) is 6.54 Å². The first-order valence-corrected chi connectivity index (χ1v) is 7.41. The summed E-state index contributed by atoms with van der Waals surface area (Å²) in [7, 11) is 0. The van der Waals surface area contributed by atoms with Gasteiger partial charge in [-0.25, -0.2) is 0 Å². The minimum atomic E-state index is 0.634. The highest BCUT2D eigenvalue weighted by molar-refractivity contribution is 5.26. The highest BCUT2D eigenvalue weighted by atomic mass is 14.9. The molecule has 0 aromatic heterocycles. The second-order valence-corrected chi connectivity index (χ2v) is 5.71. The molecule has 102 valence electrons. The fourth-order valence-corrected chi connectivity index (χ4v) is 2.44. The number of aryl methyl sites for hydroxylation is 1. The lowest BCUT2D eigenvalue weighted by Crippen LogP contribution is -2.31. The molecule has 0 spiro atoms. The lowest BCUT2D eigenvalue weighted by Gasteiger charge is -2.19. The van der Waals surface area contributed by atoms with Crippen LogP contribution < -0.4 is 5.32 Å². The SMILES string of the molecule is CCNC(CCCC(C)C)Cc1ccccc1C. The number of hydrogen-bond donors (Lipinski definition) is 1. The molecule has 18 heavy (non-hydrogen) atoms. The van der Waals surface area contributed by atoms with Crippen LogP contribution in [0.15, 0.2) is 24.3 Å². The van der Waals surface area contributed by atoms with Crippen LogP contribution in [0.1, 0.15) is 51.2 Å². The summed E-state index contributed by atoms with van der Waals surface area (Å²) in [6.07, 6.45) is 5.13. The zero-order chi connectivity index (χ0) is 13.4. The molecule has 0 saturated carbocycles. The fourth-order valence-electron chi connectivity index (χ4n) is 2.44. The molecule has 1 aromatic rings. The number of benzene rings is 1. The van der Waals surface area contributed by atoms with E-state index in [2.05, 4.69) is 57.3 Å². The van der Waals surface area contributed by atoms with Crippen molar-refractivity contribution in [1.82, 2.24) is 5.32 Å². The van der Waals surface area contributed by atoms with Crippen LogP contribution in [0.25, 0.3) is 0 Å². The lowest BCUT2D eigenvalue weighted by molar-refractivity contribution is 0.441. The summed E-state index contributed by atoms with van der Waals surface area (Å²) in [5, 5.41) is 3.63. The highest BCUT2D eigenvalue weighted by Gasteiger charge is 2.09. The van der Waals surface area contributed by atoms with Crippen LogP contribution in [0, 0.1) is 12.8 Å². The topological polar surface area (TPSA) is 12.0 Å². The first kappa shape index (κ1) is 15.2. The van der Waals surface area contributed by atoms with E-state index >= 15 is 0 Å². The van der Waals surface area contributed by atoms with Crippen molar-refractivity contribution in [2.45, 2.75) is 59.4 Å². The summed E-state index contributed by atoms with van der Waals surface area (Å²) in [5.41, 5.74) is 2.91. The molecule has 0 fully saturated rings. The Balaban J connectivity index is 2.49. The molecule has 1 heteroatoms. The van der Waals surface area contributed by atoms with E-state index in [1.807, 2.05) is 0 Å². The Labute approximate surface area is 113 Å². The smallest absolute Gasteiger partial charge is 0.0107 e. The molecule has 1 nitrogen and oxygen atoms in total. The maximum absolute atomic E-state index is 3.63. The summed E-state index contributed by atoms with van der Waals surface area (Å²) in [5.74, 6) is 0.825. The predicted molar refractivity (Wildman–Crippen MR) is 81.0 cm³/mol.